The van der Waals surface area contributed by atoms with Crippen LogP contribution in [0.15, 0.2) is 41.3 Å². The molecule has 116 valence electrons. The lowest BCUT2D eigenvalue weighted by Gasteiger charge is -2.19. The molecule has 0 fully saturated rings. The van der Waals surface area contributed by atoms with E-state index in [9.17, 15) is 19.3 Å². The fraction of sp³-hybridized carbons (Fsp3) is 0.214. The summed E-state index contributed by atoms with van der Waals surface area (Å²) in [6.07, 6.45) is 1.15. The van der Waals surface area contributed by atoms with E-state index in [1.54, 1.807) is 18.0 Å². The molecule has 1 aromatic heterocycles. The normalized spacial score (nSPS) is 10.9. The molecule has 8 heteroatoms. The molecule has 6 nitrogen and oxygen atoms in total. The van der Waals surface area contributed by atoms with Crippen molar-refractivity contribution in [2.45, 2.75) is 13.2 Å². The predicted octanol–water partition coefficient (Wildman–Crippen LogP) is 2.64. The molecule has 0 aliphatic heterocycles. The predicted molar refractivity (Wildman–Crippen MR) is 80.2 cm³/mol. The highest BCUT2D eigenvalue weighted by molar-refractivity contribution is 6.31. The Morgan fingerprint density at radius 2 is 2.09 bits per heavy atom. The fourth-order valence-corrected chi connectivity index (χ4v) is 2.22. The van der Waals surface area contributed by atoms with Gasteiger partial charge in [-0.1, -0.05) is 17.7 Å². The highest BCUT2D eigenvalue weighted by Crippen LogP contribution is 2.20. The van der Waals surface area contributed by atoms with Crippen LogP contribution in [-0.2, 0) is 13.2 Å². The van der Waals surface area contributed by atoms with Gasteiger partial charge in [-0.2, -0.15) is 0 Å². The molecule has 0 saturated carbocycles. The van der Waals surface area contributed by atoms with Gasteiger partial charge in [-0.3, -0.25) is 24.4 Å². The average Bonchev–Trinajstić information content (AvgIpc) is 2.45. The molecular formula is C14H13ClFN3O3. The average molecular weight is 326 g/mol. The Morgan fingerprint density at radius 1 is 1.36 bits per heavy atom. The summed E-state index contributed by atoms with van der Waals surface area (Å²) >= 11 is 5.95. The second-order valence-corrected chi connectivity index (χ2v) is 5.22. The highest BCUT2D eigenvalue weighted by Gasteiger charge is 2.12. The zero-order chi connectivity index (χ0) is 16.3. The number of nitrogens with zero attached hydrogens (tertiary/aromatic N) is 3. The van der Waals surface area contributed by atoms with Crippen molar-refractivity contribution in [3.05, 3.63) is 73.4 Å². The second kappa shape index (κ2) is 6.67. The number of rotatable bonds is 5. The summed E-state index contributed by atoms with van der Waals surface area (Å²) in [5.74, 6) is -0.439. The van der Waals surface area contributed by atoms with Gasteiger partial charge in [0.25, 0.3) is 11.2 Å². The van der Waals surface area contributed by atoms with Crippen molar-refractivity contribution < 1.29 is 9.31 Å². The smallest absolute Gasteiger partial charge is 0.285 e. The van der Waals surface area contributed by atoms with Gasteiger partial charge in [-0.05, 0) is 19.2 Å². The van der Waals surface area contributed by atoms with Gasteiger partial charge < -0.3 is 0 Å². The Hall–Kier alpha value is -2.25. The number of hydrogen-bond donors (Lipinski definition) is 0. The van der Waals surface area contributed by atoms with Crippen molar-refractivity contribution in [1.82, 2.24) is 9.47 Å². The van der Waals surface area contributed by atoms with Crippen molar-refractivity contribution in [2.24, 2.45) is 0 Å². The van der Waals surface area contributed by atoms with E-state index in [-0.39, 0.29) is 24.5 Å². The second-order valence-electron chi connectivity index (χ2n) is 4.81. The van der Waals surface area contributed by atoms with Gasteiger partial charge in [0.2, 0.25) is 0 Å². The van der Waals surface area contributed by atoms with Crippen molar-refractivity contribution in [2.75, 3.05) is 7.05 Å². The molecule has 0 amide bonds. The Kier molecular flexibility index (Phi) is 4.89. The van der Waals surface area contributed by atoms with E-state index in [1.807, 2.05) is 0 Å². The van der Waals surface area contributed by atoms with Crippen LogP contribution in [-0.4, -0.2) is 21.4 Å². The van der Waals surface area contributed by atoms with Crippen LogP contribution in [0.4, 0.5) is 10.1 Å². The quantitative estimate of drug-likeness (QED) is 0.626. The molecule has 0 unspecified atom stereocenters. The highest BCUT2D eigenvalue weighted by atomic mass is 35.5. The molecule has 2 rings (SSSR count). The van der Waals surface area contributed by atoms with Crippen LogP contribution >= 0.6 is 11.6 Å². The summed E-state index contributed by atoms with van der Waals surface area (Å²) < 4.78 is 14.9. The van der Waals surface area contributed by atoms with Crippen molar-refractivity contribution >= 4 is 17.3 Å². The van der Waals surface area contributed by atoms with Gasteiger partial charge in [0.05, 0.1) is 17.8 Å². The molecule has 0 radical (unpaired) electrons. The van der Waals surface area contributed by atoms with Crippen LogP contribution in [0.5, 0.6) is 0 Å². The topological polar surface area (TPSA) is 68.4 Å². The third-order valence-electron chi connectivity index (χ3n) is 3.06. The molecule has 1 aromatic carbocycles. The van der Waals surface area contributed by atoms with Crippen LogP contribution in [0.25, 0.3) is 0 Å². The van der Waals surface area contributed by atoms with Crippen LogP contribution in [0.1, 0.15) is 5.56 Å². The number of halogens is 2. The summed E-state index contributed by atoms with van der Waals surface area (Å²) in [5.41, 5.74) is -0.251. The number of nitro groups is 1. The number of aromatic nitrogens is 1. The van der Waals surface area contributed by atoms with E-state index in [0.29, 0.717) is 10.6 Å². The number of pyridine rings is 1. The maximum absolute atomic E-state index is 13.7. The summed E-state index contributed by atoms with van der Waals surface area (Å²) in [6, 6.07) is 6.66. The molecular weight excluding hydrogens is 313 g/mol. The maximum Gasteiger partial charge on any atom is 0.285 e. The van der Waals surface area contributed by atoms with E-state index >= 15 is 0 Å². The van der Waals surface area contributed by atoms with Crippen LogP contribution in [0.3, 0.4) is 0 Å². The molecule has 0 N–H and O–H groups in total. The fourth-order valence-electron chi connectivity index (χ4n) is 2.00. The van der Waals surface area contributed by atoms with Gasteiger partial charge in [0.1, 0.15) is 5.82 Å². The molecule has 0 aliphatic rings. The molecule has 1 heterocycles. The minimum Gasteiger partial charge on any atom is -0.295 e. The lowest BCUT2D eigenvalue weighted by Crippen LogP contribution is -2.29. The number of hydrogen-bond acceptors (Lipinski definition) is 4. The Morgan fingerprint density at radius 3 is 2.73 bits per heavy atom. The zero-order valence-electron chi connectivity index (χ0n) is 11.7. The van der Waals surface area contributed by atoms with E-state index in [4.69, 9.17) is 11.6 Å². The minimum absolute atomic E-state index is 0.0746. The van der Waals surface area contributed by atoms with Crippen LogP contribution < -0.4 is 5.56 Å². The van der Waals surface area contributed by atoms with E-state index < -0.39 is 10.7 Å². The minimum atomic E-state index is -0.580. The third kappa shape index (κ3) is 3.69. The summed E-state index contributed by atoms with van der Waals surface area (Å²) in [5, 5.41) is 11.0. The first-order chi connectivity index (χ1) is 10.4. The summed E-state index contributed by atoms with van der Waals surface area (Å²) in [4.78, 5) is 23.5. The summed E-state index contributed by atoms with van der Waals surface area (Å²) in [7, 11) is 1.66. The van der Waals surface area contributed by atoms with Crippen molar-refractivity contribution in [1.29, 1.82) is 0 Å². The van der Waals surface area contributed by atoms with Crippen molar-refractivity contribution in [3.8, 4) is 0 Å². The zero-order valence-corrected chi connectivity index (χ0v) is 12.5. The van der Waals surface area contributed by atoms with E-state index in [2.05, 4.69) is 0 Å². The van der Waals surface area contributed by atoms with Crippen molar-refractivity contribution in [3.63, 3.8) is 0 Å². The lowest BCUT2D eigenvalue weighted by molar-refractivity contribution is -0.385. The summed E-state index contributed by atoms with van der Waals surface area (Å²) in [6.45, 7) is 0.242. The first kappa shape index (κ1) is 16.1. The van der Waals surface area contributed by atoms with Crippen LogP contribution in [0.2, 0.25) is 5.02 Å². The number of benzene rings is 1. The largest absolute Gasteiger partial charge is 0.295 e. The molecule has 0 saturated heterocycles. The molecule has 0 atom stereocenters. The SMILES string of the molecule is CN(Cc1c(F)cccc1Cl)Cn1cc([N+](=O)[O-])ccc1=O. The monoisotopic (exact) mass is 325 g/mol. The first-order valence-corrected chi connectivity index (χ1v) is 6.72. The van der Waals surface area contributed by atoms with Crippen LogP contribution in [0, 0.1) is 15.9 Å². The van der Waals surface area contributed by atoms with Gasteiger partial charge >= 0.3 is 0 Å². The molecule has 0 aliphatic carbocycles. The lowest BCUT2D eigenvalue weighted by atomic mass is 10.2. The molecule has 22 heavy (non-hydrogen) atoms. The van der Waals surface area contributed by atoms with Gasteiger partial charge in [0.15, 0.2) is 0 Å². The Labute approximate surface area is 130 Å². The Bertz CT molecular complexity index is 743. The Balaban J connectivity index is 2.19. The van der Waals surface area contributed by atoms with E-state index in [0.717, 1.165) is 18.3 Å². The van der Waals surface area contributed by atoms with Gasteiger partial charge in [-0.15, -0.1) is 0 Å². The van der Waals surface area contributed by atoms with Gasteiger partial charge in [-0.25, -0.2) is 4.39 Å². The molecule has 2 aromatic rings. The standard InChI is InChI=1S/C14H13ClFN3O3/c1-17(8-11-12(15)3-2-4-13(11)16)9-18-7-10(19(21)22)5-6-14(18)20/h2-7H,8-9H2,1H3. The molecule has 0 bridgehead atoms. The maximum atomic E-state index is 13.7. The third-order valence-corrected chi connectivity index (χ3v) is 3.42. The van der Waals surface area contributed by atoms with E-state index in [1.165, 1.54) is 16.7 Å². The first-order valence-electron chi connectivity index (χ1n) is 6.35. The molecule has 0 spiro atoms. The van der Waals surface area contributed by atoms with Gasteiger partial charge in [0, 0.05) is 29.3 Å².